The van der Waals surface area contributed by atoms with Gasteiger partial charge < -0.3 is 15.4 Å². The van der Waals surface area contributed by atoms with Crippen LogP contribution < -0.4 is 15.4 Å². The molecular weight excluding hydrogens is 356 g/mol. The number of carbonyl (C=O) groups excluding carboxylic acids is 1. The molecule has 0 aliphatic carbocycles. The maximum absolute atomic E-state index is 12.3. The molecule has 0 saturated carbocycles. The number of rotatable bonds is 8. The van der Waals surface area contributed by atoms with Crippen molar-refractivity contribution >= 4 is 21.7 Å². The van der Waals surface area contributed by atoms with Crippen LogP contribution in [0.25, 0.3) is 0 Å². The Morgan fingerprint density at radius 3 is 2.46 bits per heavy atom. The Kier molecular flexibility index (Phi) is 7.83. The minimum atomic E-state index is -3.56. The summed E-state index contributed by atoms with van der Waals surface area (Å²) in [5.74, 6) is 0.358. The average Bonchev–Trinajstić information content (AvgIpc) is 2.61. The van der Waals surface area contributed by atoms with E-state index in [2.05, 4.69) is 20.3 Å². The fourth-order valence-corrected chi connectivity index (χ4v) is 3.46. The first-order valence-electron chi connectivity index (χ1n) is 8.81. The lowest BCUT2D eigenvalue weighted by atomic mass is 10.2. The molecule has 0 unspecified atom stereocenters. The highest BCUT2D eigenvalue weighted by Crippen LogP contribution is 2.14. The molecule has 1 fully saturated rings. The summed E-state index contributed by atoms with van der Waals surface area (Å²) in [6.07, 6.45) is 0. The van der Waals surface area contributed by atoms with Crippen LogP contribution >= 0.6 is 0 Å². The summed E-state index contributed by atoms with van der Waals surface area (Å²) in [4.78, 5) is 14.1. The van der Waals surface area contributed by atoms with Crippen LogP contribution in [0.2, 0.25) is 0 Å². The molecule has 1 aromatic carbocycles. The molecule has 0 radical (unpaired) electrons. The van der Waals surface area contributed by atoms with Crippen LogP contribution in [0, 0.1) is 5.92 Å². The number of nitrogens with zero attached hydrogens (tertiary/aromatic N) is 1. The molecule has 8 nitrogen and oxygen atoms in total. The minimum absolute atomic E-state index is 0.174. The Labute approximate surface area is 155 Å². The van der Waals surface area contributed by atoms with Crippen LogP contribution in [0.3, 0.4) is 0 Å². The third-order valence-corrected chi connectivity index (χ3v) is 5.39. The smallest absolute Gasteiger partial charge is 0.319 e. The van der Waals surface area contributed by atoms with Crippen molar-refractivity contribution < 1.29 is 17.9 Å². The number of ether oxygens (including phenoxy) is 1. The van der Waals surface area contributed by atoms with Crippen LogP contribution in [0.1, 0.15) is 13.8 Å². The quantitative estimate of drug-likeness (QED) is 0.623. The van der Waals surface area contributed by atoms with Crippen LogP contribution in [-0.4, -0.2) is 65.3 Å². The number of urea groups is 1. The summed E-state index contributed by atoms with van der Waals surface area (Å²) in [5, 5.41) is 5.42. The number of benzene rings is 1. The molecule has 1 aliphatic rings. The zero-order chi connectivity index (χ0) is 19.0. The molecule has 0 aromatic heterocycles. The summed E-state index contributed by atoms with van der Waals surface area (Å²) in [5.41, 5.74) is 0.540. The minimum Gasteiger partial charge on any atom is -0.379 e. The van der Waals surface area contributed by atoms with Gasteiger partial charge in [0.2, 0.25) is 10.0 Å². The molecule has 26 heavy (non-hydrogen) atoms. The van der Waals surface area contributed by atoms with Crippen molar-refractivity contribution in [1.82, 2.24) is 14.9 Å². The van der Waals surface area contributed by atoms with Gasteiger partial charge >= 0.3 is 6.03 Å². The molecule has 0 spiro atoms. The third-order valence-electron chi connectivity index (χ3n) is 3.92. The lowest BCUT2D eigenvalue weighted by Gasteiger charge is -2.26. The number of nitrogens with one attached hydrogen (secondary N) is 3. The highest BCUT2D eigenvalue weighted by Gasteiger charge is 2.15. The van der Waals surface area contributed by atoms with Crippen molar-refractivity contribution in [2.45, 2.75) is 18.7 Å². The molecule has 1 aliphatic heterocycles. The summed E-state index contributed by atoms with van der Waals surface area (Å²) < 4.78 is 32.5. The number of amides is 2. The molecule has 0 atom stereocenters. The second kappa shape index (κ2) is 9.86. The first-order valence-corrected chi connectivity index (χ1v) is 10.3. The highest BCUT2D eigenvalue weighted by atomic mass is 32.2. The van der Waals surface area contributed by atoms with E-state index < -0.39 is 10.0 Å². The van der Waals surface area contributed by atoms with Crippen molar-refractivity contribution in [3.8, 4) is 0 Å². The van der Waals surface area contributed by atoms with Crippen LogP contribution in [0.4, 0.5) is 10.5 Å². The molecular formula is C17H28N4O4S. The van der Waals surface area contributed by atoms with Gasteiger partial charge in [-0.15, -0.1) is 0 Å². The van der Waals surface area contributed by atoms with Gasteiger partial charge in [-0.05, 0) is 30.2 Å². The molecule has 3 N–H and O–H groups in total. The Morgan fingerprint density at radius 2 is 1.85 bits per heavy atom. The standard InChI is InChI=1S/C17H28N4O4S/c1-14(2)13-18-17(22)20-15-3-5-16(6-4-15)26(23,24)19-7-8-21-9-11-25-12-10-21/h3-6,14,19H,7-13H2,1-2H3,(H2,18,20,22). The lowest BCUT2D eigenvalue weighted by molar-refractivity contribution is 0.0390. The predicted octanol–water partition coefficient (Wildman–Crippen LogP) is 1.07. The average molecular weight is 385 g/mol. The van der Waals surface area contributed by atoms with Gasteiger partial charge in [0.1, 0.15) is 0 Å². The van der Waals surface area contributed by atoms with E-state index >= 15 is 0 Å². The van der Waals surface area contributed by atoms with Crippen molar-refractivity contribution in [3.63, 3.8) is 0 Å². The summed E-state index contributed by atoms with van der Waals surface area (Å²) in [6, 6.07) is 5.80. The molecule has 2 rings (SSSR count). The number of hydrogen-bond acceptors (Lipinski definition) is 5. The fraction of sp³-hybridized carbons (Fsp3) is 0.588. The highest BCUT2D eigenvalue weighted by molar-refractivity contribution is 7.89. The molecule has 1 saturated heterocycles. The van der Waals surface area contributed by atoms with Gasteiger partial charge in [-0.25, -0.2) is 17.9 Å². The fourth-order valence-electron chi connectivity index (χ4n) is 2.44. The van der Waals surface area contributed by atoms with Crippen LogP contribution in [-0.2, 0) is 14.8 Å². The Morgan fingerprint density at radius 1 is 1.19 bits per heavy atom. The van der Waals surface area contributed by atoms with E-state index in [1.165, 1.54) is 12.1 Å². The Balaban J connectivity index is 1.82. The van der Waals surface area contributed by atoms with E-state index in [1.807, 2.05) is 13.8 Å². The molecule has 0 bridgehead atoms. The number of anilines is 1. The summed E-state index contributed by atoms with van der Waals surface area (Å²) in [7, 11) is -3.56. The van der Waals surface area contributed by atoms with Crippen molar-refractivity contribution in [1.29, 1.82) is 0 Å². The zero-order valence-electron chi connectivity index (χ0n) is 15.3. The second-order valence-electron chi connectivity index (χ2n) is 6.61. The molecule has 1 aromatic rings. The number of carbonyl (C=O) groups is 1. The predicted molar refractivity (Wildman–Crippen MR) is 101 cm³/mol. The lowest BCUT2D eigenvalue weighted by Crippen LogP contribution is -2.41. The van der Waals surface area contributed by atoms with Gasteiger partial charge in [-0.3, -0.25) is 4.90 Å². The molecule has 2 amide bonds. The number of hydrogen-bond donors (Lipinski definition) is 3. The van der Waals surface area contributed by atoms with Crippen molar-refractivity contribution in [2.24, 2.45) is 5.92 Å². The van der Waals surface area contributed by atoms with Crippen molar-refractivity contribution in [3.05, 3.63) is 24.3 Å². The topological polar surface area (TPSA) is 99.8 Å². The third kappa shape index (κ3) is 6.91. The van der Waals surface area contributed by atoms with Gasteiger partial charge in [-0.2, -0.15) is 0 Å². The van der Waals surface area contributed by atoms with E-state index in [-0.39, 0.29) is 10.9 Å². The van der Waals surface area contributed by atoms with E-state index in [0.717, 1.165) is 13.1 Å². The van der Waals surface area contributed by atoms with E-state index in [4.69, 9.17) is 4.74 Å². The van der Waals surface area contributed by atoms with E-state index in [0.29, 0.717) is 44.5 Å². The van der Waals surface area contributed by atoms with Gasteiger partial charge in [-0.1, -0.05) is 13.8 Å². The van der Waals surface area contributed by atoms with Crippen LogP contribution in [0.15, 0.2) is 29.2 Å². The number of sulfonamides is 1. The maximum atomic E-state index is 12.3. The van der Waals surface area contributed by atoms with Gasteiger partial charge in [0, 0.05) is 38.4 Å². The molecule has 146 valence electrons. The van der Waals surface area contributed by atoms with Gasteiger partial charge in [0.25, 0.3) is 0 Å². The molecule has 9 heteroatoms. The van der Waals surface area contributed by atoms with Crippen LogP contribution in [0.5, 0.6) is 0 Å². The summed E-state index contributed by atoms with van der Waals surface area (Å²) in [6.45, 7) is 8.60. The van der Waals surface area contributed by atoms with E-state index in [1.54, 1.807) is 12.1 Å². The number of morpholine rings is 1. The second-order valence-corrected chi connectivity index (χ2v) is 8.37. The first-order chi connectivity index (χ1) is 12.4. The first kappa shape index (κ1) is 20.6. The largest absolute Gasteiger partial charge is 0.379 e. The van der Waals surface area contributed by atoms with Crippen molar-refractivity contribution in [2.75, 3.05) is 51.3 Å². The van der Waals surface area contributed by atoms with Gasteiger partial charge in [0.05, 0.1) is 18.1 Å². The van der Waals surface area contributed by atoms with E-state index in [9.17, 15) is 13.2 Å². The SMILES string of the molecule is CC(C)CNC(=O)Nc1ccc(S(=O)(=O)NCCN2CCOCC2)cc1. The Hall–Kier alpha value is -1.68. The molecule has 1 heterocycles. The van der Waals surface area contributed by atoms with Gasteiger partial charge in [0.15, 0.2) is 0 Å². The Bertz CT molecular complexity index is 671. The summed E-state index contributed by atoms with van der Waals surface area (Å²) >= 11 is 0. The maximum Gasteiger partial charge on any atom is 0.319 e. The normalized spacial score (nSPS) is 15.8. The monoisotopic (exact) mass is 384 g/mol. The zero-order valence-corrected chi connectivity index (χ0v) is 16.1.